The lowest BCUT2D eigenvalue weighted by Crippen LogP contribution is -2.36. The molecule has 2 N–H and O–H groups in total. The first kappa shape index (κ1) is 20.0. The molecule has 1 unspecified atom stereocenters. The minimum Gasteiger partial charge on any atom is -0.451 e. The van der Waals surface area contributed by atoms with E-state index in [1.54, 1.807) is 0 Å². The van der Waals surface area contributed by atoms with Crippen LogP contribution in [0, 0.1) is 17.5 Å². The van der Waals surface area contributed by atoms with E-state index in [2.05, 4.69) is 10.6 Å². The van der Waals surface area contributed by atoms with E-state index in [1.807, 2.05) is 0 Å². The molecule has 0 saturated carbocycles. The number of halogens is 3. The van der Waals surface area contributed by atoms with E-state index < -0.39 is 53.4 Å². The van der Waals surface area contributed by atoms with Gasteiger partial charge in [0.1, 0.15) is 24.0 Å². The summed E-state index contributed by atoms with van der Waals surface area (Å²) in [7, 11) is 0. The molecule has 0 radical (unpaired) electrons. The third kappa shape index (κ3) is 5.56. The molecule has 2 aromatic rings. The Kier molecular flexibility index (Phi) is 6.53. The van der Waals surface area contributed by atoms with Crippen molar-refractivity contribution >= 4 is 23.5 Å². The lowest BCUT2D eigenvalue weighted by molar-refractivity contribution is -0.152. The zero-order chi connectivity index (χ0) is 20.0. The molecule has 0 spiro atoms. The predicted octanol–water partition coefficient (Wildman–Crippen LogP) is 2.40. The fraction of sp³-hybridized carbons (Fsp3) is 0.167. The molecular weight excluding hydrogens is 365 g/mol. The molecule has 0 bridgehead atoms. The maximum Gasteiger partial charge on any atom is 0.326 e. The first-order chi connectivity index (χ1) is 12.8. The maximum atomic E-state index is 13.5. The molecule has 2 amide bonds. The third-order valence-corrected chi connectivity index (χ3v) is 3.38. The van der Waals surface area contributed by atoms with Crippen molar-refractivity contribution in [2.24, 2.45) is 0 Å². The van der Waals surface area contributed by atoms with Gasteiger partial charge < -0.3 is 15.4 Å². The zero-order valence-electron chi connectivity index (χ0n) is 14.1. The van der Waals surface area contributed by atoms with Gasteiger partial charge in [-0.3, -0.25) is 14.4 Å². The lowest BCUT2D eigenvalue weighted by atomic mass is 10.2. The Labute approximate surface area is 152 Å². The number of rotatable bonds is 6. The number of esters is 1. The Hall–Kier alpha value is -3.36. The van der Waals surface area contributed by atoms with E-state index in [4.69, 9.17) is 4.74 Å². The Morgan fingerprint density at radius 1 is 1.04 bits per heavy atom. The van der Waals surface area contributed by atoms with Crippen molar-refractivity contribution in [2.75, 3.05) is 11.9 Å². The molecule has 9 heteroatoms. The molecule has 0 aliphatic heterocycles. The van der Waals surface area contributed by atoms with Crippen LogP contribution in [0.4, 0.5) is 18.9 Å². The van der Waals surface area contributed by atoms with E-state index in [1.165, 1.54) is 25.1 Å². The Balaban J connectivity index is 1.84. The highest BCUT2D eigenvalue weighted by atomic mass is 19.1. The number of nitrogens with one attached hydrogen (secondary N) is 2. The van der Waals surface area contributed by atoms with Crippen molar-refractivity contribution in [3.8, 4) is 0 Å². The number of hydrogen-bond acceptors (Lipinski definition) is 4. The summed E-state index contributed by atoms with van der Waals surface area (Å²) in [5.74, 6) is -5.28. The van der Waals surface area contributed by atoms with Crippen molar-refractivity contribution < 1.29 is 32.3 Å². The average molecular weight is 380 g/mol. The summed E-state index contributed by atoms with van der Waals surface area (Å²) < 4.78 is 44.6. The van der Waals surface area contributed by atoms with Gasteiger partial charge in [0, 0.05) is 6.07 Å². The number of anilines is 1. The molecule has 0 aliphatic carbocycles. The molecule has 2 rings (SSSR count). The molecule has 27 heavy (non-hydrogen) atoms. The van der Waals surface area contributed by atoms with Crippen molar-refractivity contribution in [2.45, 2.75) is 13.0 Å². The topological polar surface area (TPSA) is 84.5 Å². The molecule has 0 saturated heterocycles. The molecule has 2 aromatic carbocycles. The van der Waals surface area contributed by atoms with Crippen LogP contribution in [-0.4, -0.2) is 30.4 Å². The van der Waals surface area contributed by atoms with E-state index in [-0.39, 0.29) is 5.69 Å². The normalized spacial score (nSPS) is 11.4. The highest BCUT2D eigenvalue weighted by Gasteiger charge is 2.20. The fourth-order valence-electron chi connectivity index (χ4n) is 2.01. The van der Waals surface area contributed by atoms with Crippen molar-refractivity contribution in [1.29, 1.82) is 0 Å². The van der Waals surface area contributed by atoms with Gasteiger partial charge in [0.25, 0.3) is 11.8 Å². The van der Waals surface area contributed by atoms with Crippen molar-refractivity contribution in [3.63, 3.8) is 0 Å². The summed E-state index contributed by atoms with van der Waals surface area (Å²) >= 11 is 0. The van der Waals surface area contributed by atoms with Crippen molar-refractivity contribution in [1.82, 2.24) is 5.32 Å². The van der Waals surface area contributed by atoms with Gasteiger partial charge >= 0.3 is 5.97 Å². The quantitative estimate of drug-likeness (QED) is 0.754. The Morgan fingerprint density at radius 2 is 1.74 bits per heavy atom. The zero-order valence-corrected chi connectivity index (χ0v) is 14.1. The van der Waals surface area contributed by atoms with Crippen LogP contribution in [0.1, 0.15) is 17.3 Å². The first-order valence-corrected chi connectivity index (χ1v) is 7.76. The largest absolute Gasteiger partial charge is 0.451 e. The minimum absolute atomic E-state index is 0.0783. The third-order valence-electron chi connectivity index (χ3n) is 3.38. The summed E-state index contributed by atoms with van der Waals surface area (Å²) in [5.41, 5.74) is -0.528. The summed E-state index contributed by atoms with van der Waals surface area (Å²) in [6.45, 7) is 0.614. The van der Waals surface area contributed by atoms with Gasteiger partial charge in [-0.05, 0) is 31.2 Å². The van der Waals surface area contributed by atoms with Gasteiger partial charge in [0.2, 0.25) is 0 Å². The van der Waals surface area contributed by atoms with Gasteiger partial charge in [-0.15, -0.1) is 0 Å². The summed E-state index contributed by atoms with van der Waals surface area (Å²) in [4.78, 5) is 35.4. The van der Waals surface area contributed by atoms with Crippen LogP contribution in [0.25, 0.3) is 0 Å². The molecule has 142 valence electrons. The fourth-order valence-corrected chi connectivity index (χ4v) is 2.01. The molecular formula is C18H15F3N2O4. The predicted molar refractivity (Wildman–Crippen MR) is 89.3 cm³/mol. The molecule has 6 nitrogen and oxygen atoms in total. The number of amides is 2. The van der Waals surface area contributed by atoms with Crippen LogP contribution < -0.4 is 10.6 Å². The molecule has 0 heterocycles. The smallest absolute Gasteiger partial charge is 0.326 e. The number of carbonyl (C=O) groups excluding carboxylic acids is 3. The minimum atomic E-state index is -1.27. The van der Waals surface area contributed by atoms with E-state index in [0.29, 0.717) is 6.07 Å². The Morgan fingerprint density at radius 3 is 2.41 bits per heavy atom. The molecule has 0 aromatic heterocycles. The van der Waals surface area contributed by atoms with Crippen LogP contribution in [-0.2, 0) is 14.3 Å². The first-order valence-electron chi connectivity index (χ1n) is 7.76. The standard InChI is InChI=1S/C18H15F3N2O4/c1-10(17(25)23-15-5-3-2-4-13(15)20)27-16(24)9-22-18(26)12-7-6-11(19)8-14(12)21/h2-8,10H,9H2,1H3,(H,22,26)(H,23,25). The number of benzene rings is 2. The van der Waals surface area contributed by atoms with Gasteiger partial charge in [0.05, 0.1) is 11.3 Å². The van der Waals surface area contributed by atoms with Crippen LogP contribution >= 0.6 is 0 Å². The second-order valence-electron chi connectivity index (χ2n) is 5.41. The monoisotopic (exact) mass is 380 g/mol. The van der Waals surface area contributed by atoms with E-state index in [9.17, 15) is 27.6 Å². The van der Waals surface area contributed by atoms with E-state index in [0.717, 1.165) is 18.2 Å². The molecule has 1 atom stereocenters. The average Bonchev–Trinajstić information content (AvgIpc) is 2.61. The van der Waals surface area contributed by atoms with Gasteiger partial charge in [-0.1, -0.05) is 12.1 Å². The van der Waals surface area contributed by atoms with E-state index >= 15 is 0 Å². The maximum absolute atomic E-state index is 13.5. The number of hydrogen-bond donors (Lipinski definition) is 2. The second kappa shape index (κ2) is 8.84. The Bertz CT molecular complexity index is 873. The second-order valence-corrected chi connectivity index (χ2v) is 5.41. The molecule has 0 fully saturated rings. The summed E-state index contributed by atoms with van der Waals surface area (Å²) in [6.07, 6.45) is -1.27. The molecule has 0 aliphatic rings. The van der Waals surface area contributed by atoms with Crippen LogP contribution in [0.15, 0.2) is 42.5 Å². The van der Waals surface area contributed by atoms with Gasteiger partial charge in [0.15, 0.2) is 6.10 Å². The van der Waals surface area contributed by atoms with Crippen molar-refractivity contribution in [3.05, 3.63) is 65.5 Å². The number of ether oxygens (including phenoxy) is 1. The number of para-hydroxylation sites is 1. The van der Waals surface area contributed by atoms with Crippen LogP contribution in [0.5, 0.6) is 0 Å². The lowest BCUT2D eigenvalue weighted by Gasteiger charge is -2.14. The summed E-state index contributed by atoms with van der Waals surface area (Å²) in [6, 6.07) is 7.79. The van der Waals surface area contributed by atoms with Gasteiger partial charge in [-0.25, -0.2) is 13.2 Å². The number of carbonyl (C=O) groups is 3. The SMILES string of the molecule is CC(OC(=O)CNC(=O)c1ccc(F)cc1F)C(=O)Nc1ccccc1F. The van der Waals surface area contributed by atoms with Crippen LogP contribution in [0.3, 0.4) is 0 Å². The highest BCUT2D eigenvalue weighted by Crippen LogP contribution is 2.13. The van der Waals surface area contributed by atoms with Crippen LogP contribution in [0.2, 0.25) is 0 Å². The summed E-state index contributed by atoms with van der Waals surface area (Å²) in [5, 5.41) is 4.35. The van der Waals surface area contributed by atoms with Gasteiger partial charge in [-0.2, -0.15) is 0 Å². The highest BCUT2D eigenvalue weighted by molar-refractivity contribution is 5.97.